The van der Waals surface area contributed by atoms with E-state index in [9.17, 15) is 4.79 Å². The molecule has 1 saturated heterocycles. The van der Waals surface area contributed by atoms with Crippen LogP contribution >= 0.6 is 0 Å². The largest absolute Gasteiger partial charge is 0.369 e. The van der Waals surface area contributed by atoms with E-state index in [1.54, 1.807) is 0 Å². The van der Waals surface area contributed by atoms with Gasteiger partial charge in [-0.05, 0) is 77.9 Å². The molecular weight excluding hydrogens is 412 g/mol. The number of pyridine rings is 1. The Morgan fingerprint density at radius 2 is 1.73 bits per heavy atom. The van der Waals surface area contributed by atoms with E-state index in [4.69, 9.17) is 10.1 Å². The van der Waals surface area contributed by atoms with Gasteiger partial charge in [0.2, 0.25) is 0 Å². The van der Waals surface area contributed by atoms with Gasteiger partial charge in [-0.15, -0.1) is 0 Å². The van der Waals surface area contributed by atoms with Crippen LogP contribution in [0.15, 0.2) is 30.3 Å². The molecule has 1 aliphatic heterocycles. The van der Waals surface area contributed by atoms with E-state index < -0.39 is 0 Å². The molecule has 1 amide bonds. The molecule has 0 radical (unpaired) electrons. The lowest BCUT2D eigenvalue weighted by Gasteiger charge is -2.34. The first-order valence-corrected chi connectivity index (χ1v) is 12.0. The van der Waals surface area contributed by atoms with Crippen LogP contribution in [0.1, 0.15) is 61.3 Å². The first-order chi connectivity index (χ1) is 15.7. The van der Waals surface area contributed by atoms with Crippen molar-refractivity contribution in [3.63, 3.8) is 0 Å². The molecule has 0 spiro atoms. The summed E-state index contributed by atoms with van der Waals surface area (Å²) < 4.78 is 1.96. The van der Waals surface area contributed by atoms with E-state index in [2.05, 4.69) is 55.1 Å². The van der Waals surface area contributed by atoms with Crippen molar-refractivity contribution >= 4 is 28.3 Å². The summed E-state index contributed by atoms with van der Waals surface area (Å²) in [6.07, 6.45) is 2.27. The molecule has 1 aliphatic carbocycles. The minimum atomic E-state index is -0.214. The van der Waals surface area contributed by atoms with E-state index in [1.807, 2.05) is 29.8 Å². The number of hydrogen-bond donors (Lipinski definition) is 1. The number of carbonyl (C=O) groups is 1. The Morgan fingerprint density at radius 3 is 2.33 bits per heavy atom. The van der Waals surface area contributed by atoms with Gasteiger partial charge in [0.05, 0.1) is 22.2 Å². The van der Waals surface area contributed by atoms with Crippen molar-refractivity contribution in [1.82, 2.24) is 19.7 Å². The molecule has 0 unspecified atom stereocenters. The minimum Gasteiger partial charge on any atom is -0.369 e. The third-order valence-corrected chi connectivity index (χ3v) is 6.70. The summed E-state index contributed by atoms with van der Waals surface area (Å²) >= 11 is 0. The zero-order valence-electron chi connectivity index (χ0n) is 20.4. The van der Waals surface area contributed by atoms with Crippen molar-refractivity contribution in [2.45, 2.75) is 52.0 Å². The van der Waals surface area contributed by atoms with Crippen LogP contribution in [0.2, 0.25) is 0 Å². The minimum absolute atomic E-state index is 0.104. The fraction of sp³-hybridized carbons (Fsp3) is 0.500. The first kappa shape index (κ1) is 21.9. The lowest BCUT2D eigenvalue weighted by atomic mass is 10.1. The monoisotopic (exact) mass is 446 g/mol. The molecule has 0 bridgehead atoms. The number of amides is 1. The number of fused-ring (bicyclic) bond motifs is 1. The van der Waals surface area contributed by atoms with Gasteiger partial charge < -0.3 is 15.1 Å². The number of benzene rings is 1. The summed E-state index contributed by atoms with van der Waals surface area (Å²) in [5.74, 6) is 0.348. The lowest BCUT2D eigenvalue weighted by molar-refractivity contribution is 0.102. The summed E-state index contributed by atoms with van der Waals surface area (Å²) in [7, 11) is 2.16. The van der Waals surface area contributed by atoms with Gasteiger partial charge in [-0.3, -0.25) is 4.79 Å². The van der Waals surface area contributed by atoms with Gasteiger partial charge in [0.1, 0.15) is 0 Å². The van der Waals surface area contributed by atoms with Crippen molar-refractivity contribution < 1.29 is 4.79 Å². The zero-order valence-corrected chi connectivity index (χ0v) is 20.4. The predicted octanol–water partition coefficient (Wildman–Crippen LogP) is 4.38. The second kappa shape index (κ2) is 8.13. The smallest absolute Gasteiger partial charge is 0.256 e. The van der Waals surface area contributed by atoms with Gasteiger partial charge in [0, 0.05) is 49.2 Å². The normalized spacial score (nSPS) is 17.5. The molecule has 3 heterocycles. The van der Waals surface area contributed by atoms with Crippen molar-refractivity contribution in [1.29, 1.82) is 0 Å². The van der Waals surface area contributed by atoms with Crippen LogP contribution in [0.5, 0.6) is 0 Å². The fourth-order valence-electron chi connectivity index (χ4n) is 4.56. The Kier molecular flexibility index (Phi) is 5.40. The summed E-state index contributed by atoms with van der Waals surface area (Å²) in [6.45, 7) is 12.5. The average molecular weight is 447 g/mol. The van der Waals surface area contributed by atoms with Gasteiger partial charge >= 0.3 is 0 Å². The van der Waals surface area contributed by atoms with Crippen LogP contribution in [-0.4, -0.2) is 58.8 Å². The molecule has 7 heteroatoms. The molecule has 7 nitrogen and oxygen atoms in total. The highest BCUT2D eigenvalue weighted by Gasteiger charge is 2.30. The molecule has 174 valence electrons. The summed E-state index contributed by atoms with van der Waals surface area (Å²) in [5.41, 5.74) is 5.10. The van der Waals surface area contributed by atoms with Gasteiger partial charge in [-0.25, -0.2) is 9.67 Å². The van der Waals surface area contributed by atoms with Gasteiger partial charge in [0.15, 0.2) is 5.65 Å². The van der Waals surface area contributed by atoms with Crippen molar-refractivity contribution in [2.24, 2.45) is 0 Å². The van der Waals surface area contributed by atoms with E-state index in [0.717, 1.165) is 67.1 Å². The Morgan fingerprint density at radius 1 is 1.06 bits per heavy atom. The van der Waals surface area contributed by atoms with Gasteiger partial charge in [0.25, 0.3) is 5.91 Å². The van der Waals surface area contributed by atoms with Gasteiger partial charge in [-0.2, -0.15) is 5.10 Å². The molecule has 2 aliphatic rings. The molecule has 0 atom stereocenters. The molecule has 33 heavy (non-hydrogen) atoms. The quantitative estimate of drug-likeness (QED) is 0.644. The highest BCUT2D eigenvalue weighted by atomic mass is 16.1. The number of likely N-dealkylation sites (N-methyl/N-ethyl adjacent to an activating group) is 1. The topological polar surface area (TPSA) is 66.3 Å². The summed E-state index contributed by atoms with van der Waals surface area (Å²) in [5, 5.41) is 8.73. The van der Waals surface area contributed by atoms with Crippen LogP contribution in [0.3, 0.4) is 0 Å². The number of anilines is 2. The highest BCUT2D eigenvalue weighted by Crippen LogP contribution is 2.41. The molecule has 1 aromatic carbocycles. The number of nitrogens with one attached hydrogen (secondary N) is 1. The fourth-order valence-corrected chi connectivity index (χ4v) is 4.56. The average Bonchev–Trinajstić information content (AvgIpc) is 3.57. The molecule has 2 fully saturated rings. The van der Waals surface area contributed by atoms with E-state index >= 15 is 0 Å². The molecule has 3 aromatic rings. The van der Waals surface area contributed by atoms with Crippen molar-refractivity contribution in [2.75, 3.05) is 43.4 Å². The standard InChI is InChI=1S/C26H34N6O/c1-17-23-21(16-22(18-6-7-18)28-24(23)32(29-17)26(2,3)4)25(33)27-19-8-10-20(11-9-19)31-14-12-30(5)13-15-31/h8-11,16,18H,6-7,12-15H2,1-5H3,(H,27,33). The number of rotatable bonds is 4. The third kappa shape index (κ3) is 4.34. The maximum atomic E-state index is 13.5. The van der Waals surface area contributed by atoms with E-state index in [1.165, 1.54) is 5.69 Å². The lowest BCUT2D eigenvalue weighted by Crippen LogP contribution is -2.44. The Balaban J connectivity index is 1.44. The Hall–Kier alpha value is -2.93. The molecule has 1 saturated carbocycles. The van der Waals surface area contributed by atoms with Crippen molar-refractivity contribution in [3.05, 3.63) is 47.3 Å². The first-order valence-electron chi connectivity index (χ1n) is 12.0. The van der Waals surface area contributed by atoms with Crippen LogP contribution in [-0.2, 0) is 5.54 Å². The summed E-state index contributed by atoms with van der Waals surface area (Å²) in [4.78, 5) is 23.2. The van der Waals surface area contributed by atoms with Gasteiger partial charge in [-0.1, -0.05) is 0 Å². The second-order valence-corrected chi connectivity index (χ2v) is 10.5. The maximum absolute atomic E-state index is 13.5. The van der Waals surface area contributed by atoms with Crippen LogP contribution in [0, 0.1) is 6.92 Å². The molecular formula is C26H34N6O. The third-order valence-electron chi connectivity index (χ3n) is 6.70. The van der Waals surface area contributed by atoms with Crippen LogP contribution in [0.25, 0.3) is 11.0 Å². The number of hydrogen-bond acceptors (Lipinski definition) is 5. The predicted molar refractivity (Wildman–Crippen MR) is 133 cm³/mol. The second-order valence-electron chi connectivity index (χ2n) is 10.5. The van der Waals surface area contributed by atoms with Crippen LogP contribution in [0.4, 0.5) is 11.4 Å². The molecule has 2 aromatic heterocycles. The Bertz CT molecular complexity index is 1180. The van der Waals surface area contributed by atoms with E-state index in [0.29, 0.717) is 11.5 Å². The number of nitrogens with zero attached hydrogens (tertiary/aromatic N) is 5. The molecule has 1 N–H and O–H groups in total. The van der Waals surface area contributed by atoms with E-state index in [-0.39, 0.29) is 11.4 Å². The molecule has 5 rings (SSSR count). The SMILES string of the molecule is Cc1nn(C(C)(C)C)c2nc(C3CC3)cc(C(=O)Nc3ccc(N4CCN(C)CC4)cc3)c12. The van der Waals surface area contributed by atoms with Crippen molar-refractivity contribution in [3.8, 4) is 0 Å². The number of piperazine rings is 1. The highest BCUT2D eigenvalue weighted by molar-refractivity contribution is 6.12. The van der Waals surface area contributed by atoms with Crippen LogP contribution < -0.4 is 10.2 Å². The number of carbonyl (C=O) groups excluding carboxylic acids is 1. The summed E-state index contributed by atoms with van der Waals surface area (Å²) in [6, 6.07) is 10.2. The number of aromatic nitrogens is 3. The zero-order chi connectivity index (χ0) is 23.3. The Labute approximate surface area is 195 Å². The maximum Gasteiger partial charge on any atom is 0.256 e. The number of aryl methyl sites for hydroxylation is 1.